The van der Waals surface area contributed by atoms with Crippen LogP contribution in [0.2, 0.25) is 0 Å². The lowest BCUT2D eigenvalue weighted by Gasteiger charge is -1.97. The molecule has 0 aliphatic rings. The van der Waals surface area contributed by atoms with Gasteiger partial charge in [-0.15, -0.1) is 0 Å². The summed E-state index contributed by atoms with van der Waals surface area (Å²) in [7, 11) is 0. The predicted molar refractivity (Wildman–Crippen MR) is 82.4 cm³/mol. The second-order valence-electron chi connectivity index (χ2n) is 4.29. The Morgan fingerprint density at radius 2 is 1.33 bits per heavy atom. The molecule has 3 N–H and O–H groups in total. The summed E-state index contributed by atoms with van der Waals surface area (Å²) in [6, 6.07) is 10.9. The van der Waals surface area contributed by atoms with Crippen LogP contribution in [0.3, 0.4) is 0 Å². The van der Waals surface area contributed by atoms with Gasteiger partial charge in [-0.05, 0) is 5.56 Å². The Morgan fingerprint density at radius 1 is 0.875 bits per heavy atom. The van der Waals surface area contributed by atoms with E-state index in [4.69, 9.17) is 10.8 Å². The van der Waals surface area contributed by atoms with E-state index in [9.17, 15) is 30.3 Å². The molecule has 0 saturated carbocycles. The van der Waals surface area contributed by atoms with Gasteiger partial charge in [0, 0.05) is 6.54 Å². The zero-order valence-electron chi connectivity index (χ0n) is 12.1. The van der Waals surface area contributed by atoms with Crippen molar-refractivity contribution in [1.29, 1.82) is 0 Å². The Bertz CT molecular complexity index is 729. The van der Waals surface area contributed by atoms with E-state index in [2.05, 4.69) is 0 Å². The number of phenols is 1. The lowest BCUT2D eigenvalue weighted by Crippen LogP contribution is -1.97. The summed E-state index contributed by atoms with van der Waals surface area (Å²) in [4.78, 5) is 27.8. The van der Waals surface area contributed by atoms with E-state index in [0.717, 1.165) is 0 Å². The molecule has 2 aromatic rings. The van der Waals surface area contributed by atoms with Crippen molar-refractivity contribution in [3.8, 4) is 5.75 Å². The summed E-state index contributed by atoms with van der Waals surface area (Å²) < 4.78 is 0. The van der Waals surface area contributed by atoms with Gasteiger partial charge in [-0.3, -0.25) is 30.3 Å². The van der Waals surface area contributed by atoms with E-state index in [1.54, 1.807) is 0 Å². The van der Waals surface area contributed by atoms with Crippen molar-refractivity contribution in [3.63, 3.8) is 0 Å². The number of non-ortho nitro benzene ring substituents is 1. The van der Waals surface area contributed by atoms with Crippen molar-refractivity contribution in [1.82, 2.24) is 0 Å². The predicted octanol–water partition coefficient (Wildman–Crippen LogP) is 2.26. The molecule has 24 heavy (non-hydrogen) atoms. The molecular formula is C13H12N4O7. The lowest BCUT2D eigenvalue weighted by molar-refractivity contribution is -0.404. The molecule has 2 aromatic carbocycles. The fourth-order valence-electron chi connectivity index (χ4n) is 1.59. The molecular weight excluding hydrogens is 324 g/mol. The van der Waals surface area contributed by atoms with Crippen molar-refractivity contribution in [2.45, 2.75) is 6.54 Å². The van der Waals surface area contributed by atoms with Crippen molar-refractivity contribution in [2.24, 2.45) is 5.73 Å². The number of rotatable bonds is 4. The smallest absolute Gasteiger partial charge is 0.324 e. The summed E-state index contributed by atoms with van der Waals surface area (Å²) >= 11 is 0. The van der Waals surface area contributed by atoms with Gasteiger partial charge in [0.25, 0.3) is 11.4 Å². The van der Waals surface area contributed by atoms with Crippen molar-refractivity contribution in [2.75, 3.05) is 0 Å². The van der Waals surface area contributed by atoms with E-state index in [1.165, 1.54) is 5.56 Å². The van der Waals surface area contributed by atoms with Gasteiger partial charge in [0.1, 0.15) is 0 Å². The number of aromatic hydroxyl groups is 1. The largest absolute Gasteiger partial charge is 0.497 e. The minimum absolute atomic E-state index is 0.447. The molecule has 0 amide bonds. The Labute approximate surface area is 134 Å². The van der Waals surface area contributed by atoms with Crippen molar-refractivity contribution >= 4 is 17.1 Å². The highest BCUT2D eigenvalue weighted by Crippen LogP contribution is 2.38. The van der Waals surface area contributed by atoms with Crippen LogP contribution in [-0.4, -0.2) is 19.9 Å². The summed E-state index contributed by atoms with van der Waals surface area (Å²) in [5.74, 6) is -1.21. The maximum atomic E-state index is 10.4. The molecule has 0 atom stereocenters. The van der Waals surface area contributed by atoms with Crippen LogP contribution in [0.1, 0.15) is 5.56 Å². The molecule has 0 heterocycles. The zero-order chi connectivity index (χ0) is 18.3. The van der Waals surface area contributed by atoms with Crippen LogP contribution in [0.15, 0.2) is 42.5 Å². The Morgan fingerprint density at radius 3 is 1.62 bits per heavy atom. The summed E-state index contributed by atoms with van der Waals surface area (Å²) in [6.07, 6.45) is 0. The van der Waals surface area contributed by atoms with Gasteiger partial charge < -0.3 is 10.8 Å². The van der Waals surface area contributed by atoms with Crippen LogP contribution >= 0.6 is 0 Å². The number of hydrogen-bond acceptors (Lipinski definition) is 8. The van der Waals surface area contributed by atoms with E-state index >= 15 is 0 Å². The van der Waals surface area contributed by atoms with Crippen LogP contribution in [0, 0.1) is 30.3 Å². The second-order valence-corrected chi connectivity index (χ2v) is 4.29. The third kappa shape index (κ3) is 4.71. The van der Waals surface area contributed by atoms with Crippen LogP contribution in [0.5, 0.6) is 5.75 Å². The quantitative estimate of drug-likeness (QED) is 0.630. The van der Waals surface area contributed by atoms with Gasteiger partial charge in [0.05, 0.1) is 26.9 Å². The molecule has 0 aliphatic heterocycles. The first kappa shape index (κ1) is 18.4. The Kier molecular flexibility index (Phi) is 6.26. The van der Waals surface area contributed by atoms with Crippen LogP contribution < -0.4 is 5.73 Å². The standard InChI is InChI=1S/C7H9N.C6H3N3O7/c8-6-7-4-2-1-3-5-7;10-6-4(8(13)14)1-3(7(11)12)2-5(6)9(15)16/h1-5H,6,8H2;1-2,10H. The zero-order valence-corrected chi connectivity index (χ0v) is 12.1. The molecule has 0 fully saturated rings. The fourth-order valence-corrected chi connectivity index (χ4v) is 1.59. The molecule has 2 rings (SSSR count). The van der Waals surface area contributed by atoms with Crippen LogP contribution in [0.25, 0.3) is 0 Å². The molecule has 11 heteroatoms. The van der Waals surface area contributed by atoms with Crippen LogP contribution in [-0.2, 0) is 6.54 Å². The highest BCUT2D eigenvalue weighted by molar-refractivity contribution is 5.64. The molecule has 11 nitrogen and oxygen atoms in total. The lowest BCUT2D eigenvalue weighted by atomic mass is 10.2. The average Bonchev–Trinajstić information content (AvgIpc) is 2.55. The number of benzene rings is 2. The summed E-state index contributed by atoms with van der Waals surface area (Å²) in [5, 5.41) is 40.2. The van der Waals surface area contributed by atoms with Gasteiger partial charge in [-0.25, -0.2) is 0 Å². The maximum absolute atomic E-state index is 10.4. The van der Waals surface area contributed by atoms with Crippen molar-refractivity contribution in [3.05, 3.63) is 78.4 Å². The number of phenolic OH excluding ortho intramolecular Hbond substituents is 1. The minimum Gasteiger partial charge on any atom is -0.497 e. The topological polar surface area (TPSA) is 176 Å². The van der Waals surface area contributed by atoms with Crippen LogP contribution in [0.4, 0.5) is 17.1 Å². The van der Waals surface area contributed by atoms with Gasteiger partial charge in [-0.1, -0.05) is 30.3 Å². The Hall–Kier alpha value is -3.60. The molecule has 0 spiro atoms. The maximum Gasteiger partial charge on any atom is 0.324 e. The molecule has 0 aliphatic carbocycles. The third-order valence-electron chi connectivity index (χ3n) is 2.74. The molecule has 0 saturated heterocycles. The highest BCUT2D eigenvalue weighted by Gasteiger charge is 2.30. The molecule has 0 bridgehead atoms. The van der Waals surface area contributed by atoms with E-state index in [1.807, 2.05) is 30.3 Å². The molecule has 126 valence electrons. The van der Waals surface area contributed by atoms with E-state index in [0.29, 0.717) is 18.7 Å². The van der Waals surface area contributed by atoms with Gasteiger partial charge in [-0.2, -0.15) is 0 Å². The first-order valence-corrected chi connectivity index (χ1v) is 6.32. The number of nitro groups is 3. The summed E-state index contributed by atoms with van der Waals surface area (Å²) in [6.45, 7) is 0.640. The third-order valence-corrected chi connectivity index (χ3v) is 2.74. The molecule has 0 radical (unpaired) electrons. The van der Waals surface area contributed by atoms with E-state index in [-0.39, 0.29) is 0 Å². The number of nitrogens with zero attached hydrogens (tertiary/aromatic N) is 3. The first-order chi connectivity index (χ1) is 11.3. The highest BCUT2D eigenvalue weighted by atomic mass is 16.6. The normalized spacial score (nSPS) is 9.54. The van der Waals surface area contributed by atoms with Crippen molar-refractivity contribution < 1.29 is 19.9 Å². The van der Waals surface area contributed by atoms with Gasteiger partial charge in [0.2, 0.25) is 0 Å². The summed E-state index contributed by atoms with van der Waals surface area (Å²) in [5.41, 5.74) is 3.54. The molecule has 0 aromatic heterocycles. The Balaban J connectivity index is 0.000000300. The SMILES string of the molecule is NCc1ccccc1.O=[N+]([O-])c1cc([N+](=O)[O-])c(O)c([N+](=O)[O-])c1. The fraction of sp³-hybridized carbons (Fsp3) is 0.0769. The monoisotopic (exact) mass is 336 g/mol. The number of hydrogen-bond donors (Lipinski definition) is 2. The van der Waals surface area contributed by atoms with E-state index < -0.39 is 37.6 Å². The van der Waals surface area contributed by atoms with Gasteiger partial charge >= 0.3 is 11.4 Å². The first-order valence-electron chi connectivity index (χ1n) is 6.32. The van der Waals surface area contributed by atoms with Gasteiger partial charge in [0.15, 0.2) is 0 Å². The average molecular weight is 336 g/mol. The number of nitrogens with two attached hydrogens (primary N) is 1. The minimum atomic E-state index is -1.21. The second kappa shape index (κ2) is 8.14. The molecule has 0 unspecified atom stereocenters. The number of nitro benzene ring substituents is 3.